The van der Waals surface area contributed by atoms with Gasteiger partial charge in [-0.1, -0.05) is 103 Å². The Bertz CT molecular complexity index is 1590. The van der Waals surface area contributed by atoms with E-state index in [2.05, 4.69) is 76.2 Å². The molecule has 1 N–H and O–H groups in total. The summed E-state index contributed by atoms with van der Waals surface area (Å²) < 4.78 is 0. The van der Waals surface area contributed by atoms with E-state index in [1.165, 1.54) is 44.3 Å². The first-order valence-corrected chi connectivity index (χ1v) is 15.9. The Morgan fingerprint density at radius 1 is 0.953 bits per heavy atom. The van der Waals surface area contributed by atoms with Crippen molar-refractivity contribution < 1.29 is 30.0 Å². The molecule has 4 heteroatoms. The van der Waals surface area contributed by atoms with Gasteiger partial charge in [0, 0.05) is 49.6 Å². The number of ketones is 1. The molecule has 3 nitrogen and oxygen atoms in total. The van der Waals surface area contributed by atoms with Gasteiger partial charge in [0.2, 0.25) is 0 Å². The number of carbonyl (C=O) groups is 1. The van der Waals surface area contributed by atoms with Gasteiger partial charge in [-0.2, -0.15) is 0 Å². The number of pyridine rings is 1. The third-order valence-electron chi connectivity index (χ3n) is 9.05. The number of hydrogen-bond acceptors (Lipinski definition) is 3. The zero-order chi connectivity index (χ0) is 30.6. The smallest absolute Gasteiger partial charge is 0.162 e. The number of carbonyl (C=O) groups excluding carboxylic acids is 1. The van der Waals surface area contributed by atoms with E-state index in [4.69, 9.17) is 4.98 Å². The van der Waals surface area contributed by atoms with Crippen molar-refractivity contribution >= 4 is 27.3 Å². The molecule has 0 saturated heterocycles. The fourth-order valence-corrected chi connectivity index (χ4v) is 6.58. The molecule has 5 rings (SSSR count). The molecule has 0 saturated carbocycles. The molecule has 0 atom stereocenters. The van der Waals surface area contributed by atoms with Crippen molar-refractivity contribution in [3.8, 4) is 11.3 Å². The molecule has 1 aliphatic carbocycles. The van der Waals surface area contributed by atoms with Crippen LogP contribution in [0.5, 0.6) is 0 Å². The van der Waals surface area contributed by atoms with Crippen molar-refractivity contribution in [1.29, 1.82) is 0 Å². The Morgan fingerprint density at radius 3 is 2.26 bits per heavy atom. The van der Waals surface area contributed by atoms with Gasteiger partial charge < -0.3 is 10.1 Å². The molecule has 1 radical (unpaired) electrons. The predicted octanol–water partition coefficient (Wildman–Crippen LogP) is 10.6. The van der Waals surface area contributed by atoms with Crippen LogP contribution in [0.3, 0.4) is 0 Å². The van der Waals surface area contributed by atoms with E-state index in [-0.39, 0.29) is 48.9 Å². The Balaban J connectivity index is 0.000000274. The minimum atomic E-state index is -0.0972. The topological polar surface area (TPSA) is 50.2 Å². The van der Waals surface area contributed by atoms with E-state index >= 15 is 0 Å². The average molecular weight is 755 g/mol. The number of rotatable bonds is 9. The summed E-state index contributed by atoms with van der Waals surface area (Å²) in [5.41, 5.74) is 6.27. The molecule has 0 unspecified atom stereocenters. The molecule has 4 aromatic rings. The molecule has 0 amide bonds. The van der Waals surface area contributed by atoms with Crippen LogP contribution in [-0.2, 0) is 36.7 Å². The summed E-state index contributed by atoms with van der Waals surface area (Å²) in [5.74, 6) is 1.20. The van der Waals surface area contributed by atoms with Crippen LogP contribution in [-0.4, -0.2) is 15.9 Å². The fourth-order valence-electron chi connectivity index (χ4n) is 6.58. The normalized spacial score (nSPS) is 13.6. The van der Waals surface area contributed by atoms with Gasteiger partial charge in [0.25, 0.3) is 0 Å². The van der Waals surface area contributed by atoms with Crippen LogP contribution < -0.4 is 0 Å². The second-order valence-corrected chi connectivity index (χ2v) is 12.7. The maximum absolute atomic E-state index is 11.7. The first-order chi connectivity index (χ1) is 20.1. The van der Waals surface area contributed by atoms with E-state index < -0.39 is 0 Å². The van der Waals surface area contributed by atoms with Gasteiger partial charge in [0.05, 0.1) is 5.76 Å². The summed E-state index contributed by atoms with van der Waals surface area (Å²) in [7, 11) is 0. The Morgan fingerprint density at radius 2 is 1.63 bits per heavy atom. The molecule has 0 spiro atoms. The third kappa shape index (κ3) is 7.13. The third-order valence-corrected chi connectivity index (χ3v) is 9.05. The second kappa shape index (κ2) is 14.8. The zero-order valence-corrected chi connectivity index (χ0v) is 29.6. The summed E-state index contributed by atoms with van der Waals surface area (Å²) >= 11 is 0. The summed E-state index contributed by atoms with van der Waals surface area (Å²) in [6, 6.07) is 21.2. The minimum Gasteiger partial charge on any atom is -0.512 e. The molecule has 0 bridgehead atoms. The Hall–Kier alpha value is -2.81. The molecule has 231 valence electrons. The van der Waals surface area contributed by atoms with Crippen LogP contribution in [0.4, 0.5) is 0 Å². The average Bonchev–Trinajstić information content (AvgIpc) is 2.96. The van der Waals surface area contributed by atoms with E-state index in [1.54, 1.807) is 0 Å². The number of benzene rings is 3. The van der Waals surface area contributed by atoms with Crippen molar-refractivity contribution in [2.75, 3.05) is 0 Å². The number of aromatic nitrogens is 1. The number of aliphatic hydroxyl groups is 1. The molecule has 0 aliphatic heterocycles. The van der Waals surface area contributed by atoms with Crippen LogP contribution in [0.25, 0.3) is 32.8 Å². The number of fused-ring (bicyclic) bond motifs is 4. The van der Waals surface area contributed by atoms with Gasteiger partial charge in [0.15, 0.2) is 5.78 Å². The van der Waals surface area contributed by atoms with Crippen molar-refractivity contribution in [2.24, 2.45) is 17.8 Å². The quantitative estimate of drug-likeness (QED) is 0.105. The van der Waals surface area contributed by atoms with E-state index in [1.807, 2.05) is 40.0 Å². The van der Waals surface area contributed by atoms with Gasteiger partial charge in [-0.25, -0.2) is 0 Å². The maximum atomic E-state index is 11.7. The largest absolute Gasteiger partial charge is 0.512 e. The van der Waals surface area contributed by atoms with Crippen molar-refractivity contribution in [3.05, 3.63) is 89.3 Å². The van der Waals surface area contributed by atoms with Gasteiger partial charge in [-0.15, -0.1) is 29.1 Å². The van der Waals surface area contributed by atoms with Crippen molar-refractivity contribution in [2.45, 2.75) is 92.9 Å². The van der Waals surface area contributed by atoms with Crippen LogP contribution in [0, 0.1) is 23.8 Å². The minimum absolute atomic E-state index is 0. The monoisotopic (exact) mass is 755 g/mol. The van der Waals surface area contributed by atoms with Gasteiger partial charge in [-0.3, -0.25) is 4.79 Å². The molecular weight excluding hydrogens is 707 g/mol. The number of aliphatic hydroxyl groups excluding tert-OH is 1. The maximum Gasteiger partial charge on any atom is 0.162 e. The summed E-state index contributed by atoms with van der Waals surface area (Å²) in [5, 5.41) is 14.9. The molecule has 1 aliphatic rings. The number of hydrogen-bond donors (Lipinski definition) is 1. The van der Waals surface area contributed by atoms with Crippen molar-refractivity contribution in [3.63, 3.8) is 0 Å². The molecule has 1 aromatic heterocycles. The number of allylic oxidation sites excluding steroid dienone is 2. The molecule has 0 fully saturated rings. The standard InChI is InChI=1S/C26H24N.C13H24O2.Ir/c1-16(2)13-17-11-12-19-15-27-25-20-9-5-7-18-8-6-10-22(23(18)20)26(3,4)24(25)21(19)14-17;1-5-10(6-2)12(14)9-13(15)11(7-3)8-4;/h5-8,10-12,14-16H,13H2,1-4H3;9-11,14H,5-8H2,1-4H3;/q-1;;/b;12-9-;. The van der Waals surface area contributed by atoms with Crippen LogP contribution in [0.15, 0.2) is 66.6 Å². The zero-order valence-electron chi connectivity index (χ0n) is 27.2. The second-order valence-electron chi connectivity index (χ2n) is 12.7. The van der Waals surface area contributed by atoms with E-state index in [0.29, 0.717) is 5.92 Å². The van der Waals surface area contributed by atoms with Gasteiger partial charge in [0.1, 0.15) is 0 Å². The Labute approximate surface area is 272 Å². The van der Waals surface area contributed by atoms with Crippen LogP contribution >= 0.6 is 0 Å². The molecular formula is C39H48IrNO2-. The van der Waals surface area contributed by atoms with Crippen LogP contribution in [0.2, 0.25) is 0 Å². The first-order valence-electron chi connectivity index (χ1n) is 15.9. The summed E-state index contributed by atoms with van der Waals surface area (Å²) in [6.07, 6.45) is 8.04. The summed E-state index contributed by atoms with van der Waals surface area (Å²) in [6.45, 7) is 17.3. The van der Waals surface area contributed by atoms with Crippen LogP contribution in [0.1, 0.15) is 97.8 Å². The Kier molecular flexibility index (Phi) is 11.9. The molecule has 43 heavy (non-hydrogen) atoms. The van der Waals surface area contributed by atoms with E-state index in [9.17, 15) is 9.90 Å². The van der Waals surface area contributed by atoms with Gasteiger partial charge in [-0.05, 0) is 65.6 Å². The van der Waals surface area contributed by atoms with Crippen molar-refractivity contribution in [1.82, 2.24) is 4.98 Å². The molecule has 1 heterocycles. The summed E-state index contributed by atoms with van der Waals surface area (Å²) in [4.78, 5) is 16.6. The fraction of sp³-hybridized carbons (Fsp3) is 0.436. The van der Waals surface area contributed by atoms with E-state index in [0.717, 1.165) is 43.4 Å². The predicted molar refractivity (Wildman–Crippen MR) is 178 cm³/mol. The van der Waals surface area contributed by atoms with Gasteiger partial charge >= 0.3 is 0 Å². The first kappa shape index (κ1) is 34.7. The number of nitrogens with zero attached hydrogens (tertiary/aromatic N) is 1. The molecule has 3 aromatic carbocycles. The SMILES string of the molecule is CC(C)Cc1ccc2cnc3c(c2c1)C(C)(C)c1cccc2cc[c-]c-3c12.CCC(CC)C(=O)/C=C(\O)C(CC)CC.[Ir].